The molecule has 0 saturated heterocycles. The van der Waals surface area contributed by atoms with Crippen LogP contribution in [0.5, 0.6) is 0 Å². The van der Waals surface area contributed by atoms with Crippen LogP contribution in [0.3, 0.4) is 0 Å². The highest BCUT2D eigenvalue weighted by molar-refractivity contribution is 9.10. The Morgan fingerprint density at radius 3 is 2.30 bits per heavy atom. The third kappa shape index (κ3) is 2.87. The van der Waals surface area contributed by atoms with Gasteiger partial charge in [-0.25, -0.2) is 18.2 Å². The molecule has 106 valence electrons. The van der Waals surface area contributed by atoms with Crippen LogP contribution >= 0.6 is 15.9 Å². The highest BCUT2D eigenvalue weighted by atomic mass is 79.9. The van der Waals surface area contributed by atoms with Gasteiger partial charge in [0.25, 0.3) is 0 Å². The number of aryl methyl sites for hydroxylation is 1. The lowest BCUT2D eigenvalue weighted by Crippen LogP contribution is -2.04. The average Bonchev–Trinajstić information content (AvgIpc) is 2.38. The van der Waals surface area contributed by atoms with E-state index >= 15 is 0 Å². The summed E-state index contributed by atoms with van der Waals surface area (Å²) in [5.41, 5.74) is 1.04. The molecule has 2 aromatic rings. The first kappa shape index (κ1) is 14.6. The van der Waals surface area contributed by atoms with Crippen LogP contribution in [-0.4, -0.2) is 12.0 Å². The molecular formula is C13H11BrF3N3. The zero-order valence-electron chi connectivity index (χ0n) is 10.7. The van der Waals surface area contributed by atoms with E-state index in [2.05, 4.69) is 31.5 Å². The largest absolute Gasteiger partial charge is 0.371 e. The summed E-state index contributed by atoms with van der Waals surface area (Å²) < 4.78 is 40.8. The van der Waals surface area contributed by atoms with Gasteiger partial charge in [0.05, 0.1) is 4.47 Å². The lowest BCUT2D eigenvalue weighted by Gasteiger charge is -2.12. The fourth-order valence-corrected chi connectivity index (χ4v) is 2.10. The summed E-state index contributed by atoms with van der Waals surface area (Å²) in [4.78, 5) is 3.77. The van der Waals surface area contributed by atoms with Crippen molar-refractivity contribution in [3.63, 3.8) is 0 Å². The maximum absolute atomic E-state index is 13.7. The number of pyridine rings is 1. The van der Waals surface area contributed by atoms with E-state index in [9.17, 15) is 13.2 Å². The van der Waals surface area contributed by atoms with Gasteiger partial charge in [-0.3, -0.25) is 0 Å². The smallest absolute Gasteiger partial charge is 0.169 e. The lowest BCUT2D eigenvalue weighted by molar-refractivity contribution is 0.580. The topological polar surface area (TPSA) is 37.0 Å². The lowest BCUT2D eigenvalue weighted by atomic mass is 10.2. The number of nitrogens with zero attached hydrogens (tertiary/aromatic N) is 1. The molecule has 2 rings (SSSR count). The van der Waals surface area contributed by atoms with Crippen molar-refractivity contribution in [1.29, 1.82) is 0 Å². The van der Waals surface area contributed by atoms with Gasteiger partial charge >= 0.3 is 0 Å². The summed E-state index contributed by atoms with van der Waals surface area (Å²) >= 11 is 3.06. The number of benzene rings is 1. The maximum Gasteiger partial charge on any atom is 0.169 e. The normalized spacial score (nSPS) is 10.5. The molecule has 0 spiro atoms. The second kappa shape index (κ2) is 5.70. The van der Waals surface area contributed by atoms with Crippen LogP contribution in [0, 0.1) is 24.4 Å². The highest BCUT2D eigenvalue weighted by Crippen LogP contribution is 2.28. The number of halogens is 4. The van der Waals surface area contributed by atoms with E-state index in [1.807, 2.05) is 0 Å². The van der Waals surface area contributed by atoms with Gasteiger partial charge < -0.3 is 10.6 Å². The van der Waals surface area contributed by atoms with Crippen LogP contribution in [0.15, 0.2) is 22.7 Å². The van der Waals surface area contributed by atoms with Gasteiger partial charge in [-0.1, -0.05) is 0 Å². The first-order valence-electron chi connectivity index (χ1n) is 5.69. The van der Waals surface area contributed by atoms with E-state index in [1.165, 1.54) is 13.1 Å². The van der Waals surface area contributed by atoms with Gasteiger partial charge in [-0.2, -0.15) is 0 Å². The van der Waals surface area contributed by atoms with Crippen molar-refractivity contribution in [2.24, 2.45) is 0 Å². The number of aromatic nitrogens is 1. The van der Waals surface area contributed by atoms with E-state index in [0.717, 1.165) is 0 Å². The minimum Gasteiger partial charge on any atom is -0.371 e. The Morgan fingerprint density at radius 1 is 1.00 bits per heavy atom. The molecule has 20 heavy (non-hydrogen) atoms. The van der Waals surface area contributed by atoms with E-state index in [-0.39, 0.29) is 11.6 Å². The van der Waals surface area contributed by atoms with Crippen molar-refractivity contribution in [2.45, 2.75) is 6.92 Å². The molecule has 0 saturated carbocycles. The van der Waals surface area contributed by atoms with Crippen molar-refractivity contribution in [1.82, 2.24) is 4.98 Å². The summed E-state index contributed by atoms with van der Waals surface area (Å²) in [7, 11) is 1.47. The Morgan fingerprint density at radius 2 is 1.65 bits per heavy atom. The van der Waals surface area contributed by atoms with Crippen LogP contribution in [0.25, 0.3) is 0 Å². The minimum absolute atomic E-state index is 0.0934. The van der Waals surface area contributed by atoms with E-state index in [4.69, 9.17) is 0 Å². The summed E-state index contributed by atoms with van der Waals surface area (Å²) in [5, 5.41) is 5.17. The second-order valence-electron chi connectivity index (χ2n) is 4.11. The number of nitrogens with one attached hydrogen (secondary N) is 2. The molecule has 1 aromatic carbocycles. The quantitative estimate of drug-likeness (QED) is 0.867. The third-order valence-electron chi connectivity index (χ3n) is 2.69. The van der Waals surface area contributed by atoms with Gasteiger partial charge in [-0.05, 0) is 40.5 Å². The molecule has 0 bridgehead atoms. The Labute approximate surface area is 122 Å². The molecule has 7 heteroatoms. The summed E-state index contributed by atoms with van der Waals surface area (Å²) in [6.45, 7) is 1.73. The first-order valence-corrected chi connectivity index (χ1v) is 6.48. The third-order valence-corrected chi connectivity index (χ3v) is 3.29. The fraction of sp³-hybridized carbons (Fsp3) is 0.154. The van der Waals surface area contributed by atoms with Crippen molar-refractivity contribution in [3.8, 4) is 0 Å². The molecular weight excluding hydrogens is 335 g/mol. The molecule has 0 atom stereocenters. The zero-order chi connectivity index (χ0) is 14.9. The predicted octanol–water partition coefficient (Wildman–Crippen LogP) is 4.36. The number of hydrogen-bond acceptors (Lipinski definition) is 3. The molecule has 3 nitrogen and oxygen atoms in total. The summed E-state index contributed by atoms with van der Waals surface area (Å²) in [5.74, 6) is -2.42. The number of anilines is 3. The highest BCUT2D eigenvalue weighted by Gasteiger charge is 2.13. The van der Waals surface area contributed by atoms with E-state index < -0.39 is 17.5 Å². The molecule has 0 amide bonds. The van der Waals surface area contributed by atoms with E-state index in [1.54, 1.807) is 13.0 Å². The molecule has 0 radical (unpaired) electrons. The summed E-state index contributed by atoms with van der Waals surface area (Å²) in [6, 6.07) is 3.48. The number of hydrogen-bond donors (Lipinski definition) is 2. The molecule has 0 aliphatic heterocycles. The molecule has 1 heterocycles. The van der Waals surface area contributed by atoms with Crippen molar-refractivity contribution in [3.05, 3.63) is 45.7 Å². The average molecular weight is 346 g/mol. The monoisotopic (exact) mass is 345 g/mol. The Kier molecular flexibility index (Phi) is 4.17. The van der Waals surface area contributed by atoms with Gasteiger partial charge in [0, 0.05) is 18.8 Å². The zero-order valence-corrected chi connectivity index (χ0v) is 12.3. The predicted molar refractivity (Wildman–Crippen MR) is 75.8 cm³/mol. The van der Waals surface area contributed by atoms with Crippen LogP contribution in [-0.2, 0) is 0 Å². The molecule has 0 fully saturated rings. The van der Waals surface area contributed by atoms with Gasteiger partial charge in [0.2, 0.25) is 0 Å². The Hall–Kier alpha value is -1.76. The van der Waals surface area contributed by atoms with Crippen molar-refractivity contribution < 1.29 is 13.2 Å². The molecule has 0 aliphatic carbocycles. The fourth-order valence-electron chi connectivity index (χ4n) is 1.64. The van der Waals surface area contributed by atoms with Gasteiger partial charge in [-0.15, -0.1) is 0 Å². The van der Waals surface area contributed by atoms with E-state index in [0.29, 0.717) is 21.8 Å². The Balaban J connectivity index is 2.42. The maximum atomic E-state index is 13.7. The molecule has 0 aliphatic rings. The van der Waals surface area contributed by atoms with Gasteiger partial charge in [0.15, 0.2) is 23.3 Å². The first-order chi connectivity index (χ1) is 9.42. The number of rotatable bonds is 3. The summed E-state index contributed by atoms with van der Waals surface area (Å²) in [6.07, 6.45) is 0. The standard InChI is InChI=1S/C13H11BrF3N3/c1-6-3-7(14)8(15)5-11(6)19-13-10(17)4-9(16)12(18-2)20-13/h3-5H,1-2H3,(H2,18,19,20). The van der Waals surface area contributed by atoms with Crippen molar-refractivity contribution >= 4 is 33.3 Å². The van der Waals surface area contributed by atoms with Crippen LogP contribution in [0.4, 0.5) is 30.5 Å². The minimum atomic E-state index is -0.857. The van der Waals surface area contributed by atoms with Crippen LogP contribution < -0.4 is 10.6 Å². The van der Waals surface area contributed by atoms with Crippen LogP contribution in [0.1, 0.15) is 5.56 Å². The van der Waals surface area contributed by atoms with Crippen molar-refractivity contribution in [2.75, 3.05) is 17.7 Å². The molecule has 0 unspecified atom stereocenters. The van der Waals surface area contributed by atoms with Crippen LogP contribution in [0.2, 0.25) is 0 Å². The molecule has 2 N–H and O–H groups in total. The SMILES string of the molecule is CNc1nc(Nc2cc(F)c(Br)cc2C)c(F)cc1F. The second-order valence-corrected chi connectivity index (χ2v) is 4.96. The van der Waals surface area contributed by atoms with Gasteiger partial charge in [0.1, 0.15) is 5.82 Å². The Bertz CT molecular complexity index is 662. The molecule has 1 aromatic heterocycles.